The van der Waals surface area contributed by atoms with Crippen LogP contribution in [0, 0.1) is 0 Å². The van der Waals surface area contributed by atoms with Gasteiger partial charge in [0.2, 0.25) is 0 Å². The zero-order valence-corrected chi connectivity index (χ0v) is 12.3. The molecule has 0 bridgehead atoms. The van der Waals surface area contributed by atoms with Gasteiger partial charge >= 0.3 is 0 Å². The lowest BCUT2D eigenvalue weighted by Gasteiger charge is -2.08. The Morgan fingerprint density at radius 3 is 2.91 bits per heavy atom. The molecular formula is C17H17N3O2. The maximum absolute atomic E-state index is 11.9. The summed E-state index contributed by atoms with van der Waals surface area (Å²) in [6, 6.07) is 13.3. The quantitative estimate of drug-likeness (QED) is 0.786. The van der Waals surface area contributed by atoms with Gasteiger partial charge in [0.25, 0.3) is 5.91 Å². The van der Waals surface area contributed by atoms with Crippen LogP contribution >= 0.6 is 0 Å². The average molecular weight is 295 g/mol. The van der Waals surface area contributed by atoms with E-state index in [4.69, 9.17) is 4.74 Å². The molecular weight excluding hydrogens is 278 g/mol. The van der Waals surface area contributed by atoms with Gasteiger partial charge in [0.05, 0.1) is 12.6 Å². The Labute approximate surface area is 128 Å². The van der Waals surface area contributed by atoms with Gasteiger partial charge in [0.1, 0.15) is 11.4 Å². The van der Waals surface area contributed by atoms with Crippen LogP contribution < -0.4 is 10.1 Å². The fourth-order valence-corrected chi connectivity index (χ4v) is 2.45. The van der Waals surface area contributed by atoms with Crippen molar-refractivity contribution in [1.29, 1.82) is 0 Å². The summed E-state index contributed by atoms with van der Waals surface area (Å²) in [5.74, 6) is 0.698. The zero-order chi connectivity index (χ0) is 15.4. The van der Waals surface area contributed by atoms with Crippen molar-refractivity contribution in [1.82, 2.24) is 14.9 Å². The second-order valence-electron chi connectivity index (χ2n) is 4.87. The van der Waals surface area contributed by atoms with E-state index in [1.54, 1.807) is 31.5 Å². The number of fused-ring (bicyclic) bond motifs is 1. The minimum absolute atomic E-state index is 0.158. The van der Waals surface area contributed by atoms with E-state index in [9.17, 15) is 4.79 Å². The molecule has 3 rings (SSSR count). The van der Waals surface area contributed by atoms with E-state index < -0.39 is 0 Å². The van der Waals surface area contributed by atoms with Crippen molar-refractivity contribution in [2.45, 2.75) is 6.54 Å². The first-order valence-electron chi connectivity index (χ1n) is 7.10. The molecule has 0 saturated carbocycles. The molecule has 0 aliphatic carbocycles. The second kappa shape index (κ2) is 6.30. The molecule has 22 heavy (non-hydrogen) atoms. The van der Waals surface area contributed by atoms with Gasteiger partial charge in [0.15, 0.2) is 0 Å². The van der Waals surface area contributed by atoms with E-state index >= 15 is 0 Å². The van der Waals surface area contributed by atoms with Crippen molar-refractivity contribution >= 4 is 16.8 Å². The number of benzene rings is 1. The largest absolute Gasteiger partial charge is 0.496 e. The van der Waals surface area contributed by atoms with Gasteiger partial charge in [-0.15, -0.1) is 0 Å². The Morgan fingerprint density at radius 2 is 2.14 bits per heavy atom. The maximum atomic E-state index is 11.9. The highest BCUT2D eigenvalue weighted by molar-refractivity contribution is 5.92. The van der Waals surface area contributed by atoms with Crippen molar-refractivity contribution in [3.05, 3.63) is 60.6 Å². The van der Waals surface area contributed by atoms with Crippen LogP contribution in [0.5, 0.6) is 5.75 Å². The molecule has 0 saturated heterocycles. The number of nitrogens with one attached hydrogen (secondary N) is 1. The minimum atomic E-state index is -0.158. The number of pyridine rings is 1. The fourth-order valence-electron chi connectivity index (χ4n) is 2.45. The lowest BCUT2D eigenvalue weighted by molar-refractivity contribution is 0.0947. The Morgan fingerprint density at radius 1 is 1.23 bits per heavy atom. The highest BCUT2D eigenvalue weighted by Crippen LogP contribution is 2.25. The first kappa shape index (κ1) is 14.1. The van der Waals surface area contributed by atoms with Crippen molar-refractivity contribution in [3.63, 3.8) is 0 Å². The highest BCUT2D eigenvalue weighted by atomic mass is 16.5. The SMILES string of the molecule is COc1cccc2c1ccn2CCNC(=O)c1ccccn1. The number of rotatable bonds is 5. The highest BCUT2D eigenvalue weighted by Gasteiger charge is 2.07. The number of hydrogen-bond donors (Lipinski definition) is 1. The summed E-state index contributed by atoms with van der Waals surface area (Å²) in [4.78, 5) is 16.0. The lowest BCUT2D eigenvalue weighted by atomic mass is 10.2. The van der Waals surface area contributed by atoms with Crippen molar-refractivity contribution in [3.8, 4) is 5.75 Å². The summed E-state index contributed by atoms with van der Waals surface area (Å²) < 4.78 is 7.44. The van der Waals surface area contributed by atoms with Crippen LogP contribution in [0.3, 0.4) is 0 Å². The molecule has 112 valence electrons. The Kier molecular flexibility index (Phi) is 4.05. The molecule has 0 spiro atoms. The number of carbonyl (C=O) groups excluding carboxylic acids is 1. The van der Waals surface area contributed by atoms with Crippen LogP contribution in [0.25, 0.3) is 10.9 Å². The smallest absolute Gasteiger partial charge is 0.269 e. The molecule has 0 radical (unpaired) electrons. The normalized spacial score (nSPS) is 10.6. The predicted molar refractivity (Wildman–Crippen MR) is 85.1 cm³/mol. The zero-order valence-electron chi connectivity index (χ0n) is 12.3. The van der Waals surface area contributed by atoms with Gasteiger partial charge in [-0.05, 0) is 30.3 Å². The van der Waals surface area contributed by atoms with Crippen LogP contribution in [-0.2, 0) is 6.54 Å². The summed E-state index contributed by atoms with van der Waals surface area (Å²) in [5.41, 5.74) is 1.52. The van der Waals surface area contributed by atoms with Crippen molar-refractivity contribution in [2.24, 2.45) is 0 Å². The number of ether oxygens (including phenoxy) is 1. The summed E-state index contributed by atoms with van der Waals surface area (Å²) in [5, 5.41) is 3.95. The molecule has 3 aromatic rings. The second-order valence-corrected chi connectivity index (χ2v) is 4.87. The van der Waals surface area contributed by atoms with Crippen LogP contribution in [-0.4, -0.2) is 29.1 Å². The molecule has 0 atom stereocenters. The van der Waals surface area contributed by atoms with E-state index in [0.29, 0.717) is 18.8 Å². The number of methoxy groups -OCH3 is 1. The van der Waals surface area contributed by atoms with Gasteiger partial charge in [-0.2, -0.15) is 0 Å². The molecule has 5 heteroatoms. The minimum Gasteiger partial charge on any atom is -0.496 e. The van der Waals surface area contributed by atoms with Crippen LogP contribution in [0.4, 0.5) is 0 Å². The van der Waals surface area contributed by atoms with Gasteiger partial charge in [-0.25, -0.2) is 0 Å². The third-order valence-corrected chi connectivity index (χ3v) is 3.53. The molecule has 1 N–H and O–H groups in total. The topological polar surface area (TPSA) is 56.1 Å². The Hall–Kier alpha value is -2.82. The monoisotopic (exact) mass is 295 g/mol. The molecule has 5 nitrogen and oxygen atoms in total. The molecule has 0 aliphatic rings. The molecule has 1 aromatic carbocycles. The van der Waals surface area contributed by atoms with E-state index in [1.165, 1.54) is 0 Å². The molecule has 0 unspecified atom stereocenters. The van der Waals surface area contributed by atoms with Crippen molar-refractivity contribution < 1.29 is 9.53 Å². The van der Waals surface area contributed by atoms with Crippen LogP contribution in [0.15, 0.2) is 54.9 Å². The number of hydrogen-bond acceptors (Lipinski definition) is 3. The molecule has 1 amide bonds. The van der Waals surface area contributed by atoms with Crippen LogP contribution in [0.1, 0.15) is 10.5 Å². The molecule has 2 heterocycles. The molecule has 2 aromatic heterocycles. The molecule has 0 aliphatic heterocycles. The van der Waals surface area contributed by atoms with E-state index in [0.717, 1.165) is 16.7 Å². The number of carbonyl (C=O) groups is 1. The summed E-state index contributed by atoms with van der Waals surface area (Å²) >= 11 is 0. The number of nitrogens with zero attached hydrogens (tertiary/aromatic N) is 2. The third-order valence-electron chi connectivity index (χ3n) is 3.53. The number of amides is 1. The fraction of sp³-hybridized carbons (Fsp3) is 0.176. The summed E-state index contributed by atoms with van der Waals surface area (Å²) in [7, 11) is 1.67. The summed E-state index contributed by atoms with van der Waals surface area (Å²) in [6.07, 6.45) is 3.61. The van der Waals surface area contributed by atoms with E-state index in [-0.39, 0.29) is 5.91 Å². The van der Waals surface area contributed by atoms with Crippen LogP contribution in [0.2, 0.25) is 0 Å². The standard InChI is InChI=1S/C17H17N3O2/c1-22-16-7-4-6-15-13(16)8-11-20(15)12-10-19-17(21)14-5-2-3-9-18-14/h2-9,11H,10,12H2,1H3,(H,19,21). The Bertz CT molecular complexity index is 781. The van der Waals surface area contributed by atoms with Gasteiger partial charge in [-0.3, -0.25) is 9.78 Å². The van der Waals surface area contributed by atoms with Gasteiger partial charge in [-0.1, -0.05) is 12.1 Å². The Balaban J connectivity index is 1.66. The summed E-state index contributed by atoms with van der Waals surface area (Å²) in [6.45, 7) is 1.23. The maximum Gasteiger partial charge on any atom is 0.269 e. The van der Waals surface area contributed by atoms with Crippen molar-refractivity contribution in [2.75, 3.05) is 13.7 Å². The number of aromatic nitrogens is 2. The first-order chi connectivity index (χ1) is 10.8. The van der Waals surface area contributed by atoms with E-state index in [1.807, 2.05) is 30.5 Å². The van der Waals surface area contributed by atoms with Gasteiger partial charge < -0.3 is 14.6 Å². The molecule has 0 fully saturated rings. The third kappa shape index (κ3) is 2.79. The lowest BCUT2D eigenvalue weighted by Crippen LogP contribution is -2.27. The van der Waals surface area contributed by atoms with E-state index in [2.05, 4.69) is 14.9 Å². The predicted octanol–water partition coefficient (Wildman–Crippen LogP) is 2.47. The first-order valence-corrected chi connectivity index (χ1v) is 7.10. The van der Waals surface area contributed by atoms with Gasteiger partial charge in [0, 0.05) is 30.9 Å². The average Bonchev–Trinajstić information content (AvgIpc) is 2.99.